The number of methoxy groups -OCH3 is 1. The molecule has 1 aliphatic carbocycles. The Bertz CT molecular complexity index is 665. The van der Waals surface area contributed by atoms with Gasteiger partial charge in [0, 0.05) is 31.6 Å². The Balaban J connectivity index is 1.70. The highest BCUT2D eigenvalue weighted by molar-refractivity contribution is 5.93. The summed E-state index contributed by atoms with van der Waals surface area (Å²) in [5, 5.41) is 3.01. The number of nitrogens with zero attached hydrogens (tertiary/aromatic N) is 4. The third-order valence-corrected chi connectivity index (χ3v) is 4.04. The van der Waals surface area contributed by atoms with E-state index in [1.165, 1.54) is 6.07 Å². The van der Waals surface area contributed by atoms with Crippen molar-refractivity contribution in [2.24, 2.45) is 0 Å². The van der Waals surface area contributed by atoms with E-state index >= 15 is 0 Å². The SMILES string of the molecule is COC1CCC(NC(=O)c2cc(N)nc(-n3ccnc3)n2)CC1. The Hall–Kier alpha value is -2.48. The maximum atomic E-state index is 12.4. The van der Waals surface area contributed by atoms with E-state index in [0.717, 1.165) is 25.7 Å². The molecule has 8 heteroatoms. The van der Waals surface area contributed by atoms with Crippen LogP contribution in [0.3, 0.4) is 0 Å². The maximum absolute atomic E-state index is 12.4. The minimum atomic E-state index is -0.235. The van der Waals surface area contributed by atoms with Gasteiger partial charge in [-0.1, -0.05) is 0 Å². The average molecular weight is 316 g/mol. The van der Waals surface area contributed by atoms with Crippen LogP contribution in [0.25, 0.3) is 5.95 Å². The van der Waals surface area contributed by atoms with Crippen LogP contribution < -0.4 is 11.1 Å². The lowest BCUT2D eigenvalue weighted by Gasteiger charge is -2.28. The molecule has 1 fully saturated rings. The zero-order valence-corrected chi connectivity index (χ0v) is 13.0. The largest absolute Gasteiger partial charge is 0.384 e. The molecule has 122 valence electrons. The van der Waals surface area contributed by atoms with Crippen molar-refractivity contribution in [3.05, 3.63) is 30.5 Å². The van der Waals surface area contributed by atoms with Crippen molar-refractivity contribution in [1.82, 2.24) is 24.8 Å². The fourth-order valence-electron chi connectivity index (χ4n) is 2.76. The Morgan fingerprint density at radius 1 is 1.35 bits per heavy atom. The lowest BCUT2D eigenvalue weighted by Crippen LogP contribution is -2.39. The molecule has 8 nitrogen and oxygen atoms in total. The molecular weight excluding hydrogens is 296 g/mol. The molecule has 0 aromatic carbocycles. The second-order valence-electron chi connectivity index (χ2n) is 5.63. The van der Waals surface area contributed by atoms with Crippen LogP contribution in [0.2, 0.25) is 0 Å². The number of rotatable bonds is 4. The van der Waals surface area contributed by atoms with E-state index in [0.29, 0.717) is 12.1 Å². The molecule has 3 N–H and O–H groups in total. The standard InChI is InChI=1S/C15H20N6O2/c1-23-11-4-2-10(3-5-11)18-14(22)12-8-13(16)20-15(19-12)21-7-6-17-9-21/h6-11H,2-5H2,1H3,(H,18,22)(H2,16,19,20). The number of carbonyl (C=O) groups excluding carboxylic acids is 1. The highest BCUT2D eigenvalue weighted by Gasteiger charge is 2.23. The van der Waals surface area contributed by atoms with Crippen molar-refractivity contribution in [3.63, 3.8) is 0 Å². The number of anilines is 1. The first-order valence-electron chi connectivity index (χ1n) is 7.62. The van der Waals surface area contributed by atoms with Gasteiger partial charge in [-0.25, -0.2) is 9.97 Å². The molecule has 3 rings (SSSR count). The molecule has 0 aliphatic heterocycles. The first kappa shape index (κ1) is 15.4. The average Bonchev–Trinajstić information content (AvgIpc) is 3.09. The second-order valence-corrected chi connectivity index (χ2v) is 5.63. The summed E-state index contributed by atoms with van der Waals surface area (Å²) in [6.45, 7) is 0. The molecule has 1 aliphatic rings. The van der Waals surface area contributed by atoms with Crippen LogP contribution in [0, 0.1) is 0 Å². The van der Waals surface area contributed by atoms with Gasteiger partial charge in [0.25, 0.3) is 5.91 Å². The van der Waals surface area contributed by atoms with E-state index in [2.05, 4.69) is 20.3 Å². The summed E-state index contributed by atoms with van der Waals surface area (Å²) in [5.74, 6) is 0.342. The number of nitrogens with one attached hydrogen (secondary N) is 1. The van der Waals surface area contributed by atoms with Gasteiger partial charge in [0.1, 0.15) is 17.8 Å². The molecule has 0 radical (unpaired) electrons. The molecular formula is C15H20N6O2. The summed E-state index contributed by atoms with van der Waals surface area (Å²) in [5.41, 5.74) is 6.05. The van der Waals surface area contributed by atoms with Gasteiger partial charge in [-0.05, 0) is 25.7 Å². The predicted molar refractivity (Wildman–Crippen MR) is 84.1 cm³/mol. The molecule has 0 bridgehead atoms. The van der Waals surface area contributed by atoms with Crippen molar-refractivity contribution in [3.8, 4) is 5.95 Å². The molecule has 0 spiro atoms. The lowest BCUT2D eigenvalue weighted by atomic mass is 9.93. The summed E-state index contributed by atoms with van der Waals surface area (Å²) >= 11 is 0. The van der Waals surface area contributed by atoms with E-state index in [9.17, 15) is 4.79 Å². The molecule has 0 unspecified atom stereocenters. The summed E-state index contributed by atoms with van der Waals surface area (Å²) in [6, 6.07) is 1.62. The minimum Gasteiger partial charge on any atom is -0.384 e. The zero-order chi connectivity index (χ0) is 16.2. The van der Waals surface area contributed by atoms with Gasteiger partial charge in [0.2, 0.25) is 5.95 Å². The van der Waals surface area contributed by atoms with Gasteiger partial charge in [-0.2, -0.15) is 4.98 Å². The van der Waals surface area contributed by atoms with Crippen LogP contribution in [0.15, 0.2) is 24.8 Å². The van der Waals surface area contributed by atoms with Crippen LogP contribution in [0.1, 0.15) is 36.2 Å². The van der Waals surface area contributed by atoms with Crippen molar-refractivity contribution in [2.45, 2.75) is 37.8 Å². The molecule has 0 saturated heterocycles. The number of amides is 1. The number of imidazole rings is 1. The Kier molecular flexibility index (Phi) is 4.52. The topological polar surface area (TPSA) is 108 Å². The second kappa shape index (κ2) is 6.74. The van der Waals surface area contributed by atoms with E-state index in [1.54, 1.807) is 30.4 Å². The Morgan fingerprint density at radius 3 is 2.78 bits per heavy atom. The molecule has 2 aromatic rings. The third kappa shape index (κ3) is 3.65. The van der Waals surface area contributed by atoms with E-state index in [4.69, 9.17) is 10.5 Å². The van der Waals surface area contributed by atoms with E-state index < -0.39 is 0 Å². The van der Waals surface area contributed by atoms with Crippen LogP contribution in [-0.2, 0) is 4.74 Å². The summed E-state index contributed by atoms with van der Waals surface area (Å²) < 4.78 is 6.95. The van der Waals surface area contributed by atoms with Crippen LogP contribution in [0.4, 0.5) is 5.82 Å². The van der Waals surface area contributed by atoms with Gasteiger partial charge >= 0.3 is 0 Å². The molecule has 2 aromatic heterocycles. The Labute approximate surface area is 134 Å². The van der Waals surface area contributed by atoms with Crippen molar-refractivity contribution < 1.29 is 9.53 Å². The van der Waals surface area contributed by atoms with Gasteiger partial charge in [-0.3, -0.25) is 9.36 Å². The maximum Gasteiger partial charge on any atom is 0.270 e. The molecule has 1 amide bonds. The highest BCUT2D eigenvalue weighted by atomic mass is 16.5. The Morgan fingerprint density at radius 2 is 2.13 bits per heavy atom. The number of carbonyl (C=O) groups is 1. The van der Waals surface area contributed by atoms with Crippen LogP contribution in [0.5, 0.6) is 0 Å². The van der Waals surface area contributed by atoms with Gasteiger partial charge < -0.3 is 15.8 Å². The first-order chi connectivity index (χ1) is 11.2. The number of hydrogen-bond donors (Lipinski definition) is 2. The van der Waals surface area contributed by atoms with Gasteiger partial charge in [-0.15, -0.1) is 0 Å². The number of nitrogen functional groups attached to an aromatic ring is 1. The molecule has 23 heavy (non-hydrogen) atoms. The fraction of sp³-hybridized carbons (Fsp3) is 0.467. The zero-order valence-electron chi connectivity index (χ0n) is 13.0. The summed E-state index contributed by atoms with van der Waals surface area (Å²) in [4.78, 5) is 24.8. The minimum absolute atomic E-state index is 0.141. The number of nitrogens with two attached hydrogens (primary N) is 1. The highest BCUT2D eigenvalue weighted by Crippen LogP contribution is 2.21. The van der Waals surface area contributed by atoms with Crippen molar-refractivity contribution in [1.29, 1.82) is 0 Å². The summed E-state index contributed by atoms with van der Waals surface area (Å²) in [7, 11) is 1.73. The monoisotopic (exact) mass is 316 g/mol. The van der Waals surface area contributed by atoms with Crippen molar-refractivity contribution in [2.75, 3.05) is 12.8 Å². The van der Waals surface area contributed by atoms with Crippen LogP contribution >= 0.6 is 0 Å². The van der Waals surface area contributed by atoms with Crippen LogP contribution in [-0.4, -0.2) is 44.7 Å². The fourth-order valence-corrected chi connectivity index (χ4v) is 2.76. The normalized spacial score (nSPS) is 21.1. The molecule has 0 atom stereocenters. The number of ether oxygens (including phenoxy) is 1. The predicted octanol–water partition coefficient (Wildman–Crippen LogP) is 0.932. The van der Waals surface area contributed by atoms with Gasteiger partial charge in [0.15, 0.2) is 0 Å². The quantitative estimate of drug-likeness (QED) is 0.869. The summed E-state index contributed by atoms with van der Waals surface area (Å²) in [6.07, 6.45) is 8.87. The number of hydrogen-bond acceptors (Lipinski definition) is 6. The van der Waals surface area contributed by atoms with E-state index in [-0.39, 0.29) is 23.5 Å². The van der Waals surface area contributed by atoms with Gasteiger partial charge in [0.05, 0.1) is 6.10 Å². The molecule has 1 saturated carbocycles. The third-order valence-electron chi connectivity index (χ3n) is 4.04. The molecule has 2 heterocycles. The van der Waals surface area contributed by atoms with E-state index in [1.807, 2.05) is 0 Å². The lowest BCUT2D eigenvalue weighted by molar-refractivity contribution is 0.0598. The number of aromatic nitrogens is 4. The smallest absolute Gasteiger partial charge is 0.270 e. The van der Waals surface area contributed by atoms with Crippen molar-refractivity contribution >= 4 is 11.7 Å². The first-order valence-corrected chi connectivity index (χ1v) is 7.62.